The second-order valence-electron chi connectivity index (χ2n) is 9.23. The molecule has 44 heavy (non-hydrogen) atoms. The number of nitrogens with one attached hydrogen (secondary N) is 1. The Hall–Kier alpha value is -2.47. The molecule has 0 aliphatic carbocycles. The molecule has 0 aliphatic heterocycles. The summed E-state index contributed by atoms with van der Waals surface area (Å²) < 4.78 is 46.6. The molecular weight excluding hydrogens is 722 g/mol. The molecule has 3 aromatic rings. The van der Waals surface area contributed by atoms with Crippen LogP contribution in [0.1, 0.15) is 43.4 Å². The molecule has 0 saturated heterocycles. The maximum absolute atomic E-state index is 11.8. The first-order valence-electron chi connectivity index (χ1n) is 13.3. The number of nitro benzene ring substituents is 1. The van der Waals surface area contributed by atoms with Crippen LogP contribution in [0, 0.1) is 24.5 Å². The minimum absolute atomic E-state index is 0. The Morgan fingerprint density at radius 1 is 0.886 bits per heavy atom. The summed E-state index contributed by atoms with van der Waals surface area (Å²) in [6.45, 7) is 5.57. The molecular formula is C29H42ClN4O7PdS2-. The van der Waals surface area contributed by atoms with Crippen LogP contribution in [-0.4, -0.2) is 67.0 Å². The number of hydrogen-bond donors (Lipinski definition) is 2. The van der Waals surface area contributed by atoms with Gasteiger partial charge in [-0.3, -0.25) is 10.1 Å². The molecule has 11 nitrogen and oxygen atoms in total. The van der Waals surface area contributed by atoms with E-state index in [2.05, 4.69) is 15.3 Å². The summed E-state index contributed by atoms with van der Waals surface area (Å²) in [7, 11) is -5.01. The molecule has 1 heterocycles. The number of anilines is 2. The Kier molecular flexibility index (Phi) is 21.9. The van der Waals surface area contributed by atoms with Crippen LogP contribution in [0.3, 0.4) is 0 Å². The Morgan fingerprint density at radius 2 is 1.39 bits per heavy atom. The summed E-state index contributed by atoms with van der Waals surface area (Å²) in [6.07, 6.45) is 3.72. The molecule has 0 saturated carbocycles. The summed E-state index contributed by atoms with van der Waals surface area (Å²) in [5.74, 6) is 1.26. The van der Waals surface area contributed by atoms with Crippen LogP contribution in [0.25, 0.3) is 0 Å². The molecule has 0 spiro atoms. The van der Waals surface area contributed by atoms with Crippen LogP contribution >= 0.6 is 11.6 Å². The number of non-ortho nitro benzene ring substituents is 1. The number of aryl methyl sites for hydroxylation is 3. The number of halogens is 1. The largest absolute Gasteiger partial charge is 0.400 e. The minimum atomic E-state index is -3.03. The van der Waals surface area contributed by atoms with Gasteiger partial charge in [0.1, 0.15) is 5.82 Å². The fourth-order valence-corrected chi connectivity index (χ4v) is 6.57. The van der Waals surface area contributed by atoms with Gasteiger partial charge in [-0.05, 0) is 67.5 Å². The van der Waals surface area contributed by atoms with E-state index in [0.29, 0.717) is 37.1 Å². The van der Waals surface area contributed by atoms with E-state index in [9.17, 15) is 26.9 Å². The van der Waals surface area contributed by atoms with Crippen molar-refractivity contribution in [2.45, 2.75) is 46.5 Å². The van der Waals surface area contributed by atoms with Crippen molar-refractivity contribution in [2.75, 3.05) is 35.4 Å². The summed E-state index contributed by atoms with van der Waals surface area (Å²) in [5.41, 5.74) is 3.36. The number of nitro groups is 1. The molecule has 15 heteroatoms. The topological polar surface area (TPSA) is 169 Å². The molecule has 0 atom stereocenters. The predicted molar refractivity (Wildman–Crippen MR) is 174 cm³/mol. The number of rotatable bonds is 13. The molecule has 0 amide bonds. The van der Waals surface area contributed by atoms with Gasteiger partial charge in [0.15, 0.2) is 19.7 Å². The van der Waals surface area contributed by atoms with Crippen LogP contribution < -0.4 is 5.32 Å². The van der Waals surface area contributed by atoms with Gasteiger partial charge >= 0.3 is 0 Å². The molecule has 3 rings (SSSR count). The molecule has 0 radical (unpaired) electrons. The van der Waals surface area contributed by atoms with E-state index in [1.165, 1.54) is 12.1 Å². The predicted octanol–water partition coefficient (Wildman–Crippen LogP) is 5.57. The molecule has 0 aliphatic rings. The van der Waals surface area contributed by atoms with Crippen molar-refractivity contribution < 1.29 is 47.3 Å². The number of nitrogens with zero attached hydrogens (tertiary/aromatic N) is 3. The van der Waals surface area contributed by atoms with Crippen molar-refractivity contribution in [1.29, 1.82) is 0 Å². The first-order chi connectivity index (χ1) is 19.8. The molecule has 1 aromatic heterocycles. The van der Waals surface area contributed by atoms with Crippen LogP contribution in [-0.2, 0) is 52.9 Å². The van der Waals surface area contributed by atoms with Gasteiger partial charge in [-0.15, -0.1) is 0 Å². The van der Waals surface area contributed by atoms with Crippen molar-refractivity contribution in [2.24, 2.45) is 0 Å². The summed E-state index contributed by atoms with van der Waals surface area (Å²) in [5, 5.41) is 20.9. The van der Waals surface area contributed by atoms with Gasteiger partial charge in [0, 0.05) is 68.6 Å². The van der Waals surface area contributed by atoms with Crippen LogP contribution in [0.2, 0.25) is 5.28 Å². The average Bonchev–Trinajstić information content (AvgIpc) is 2.95. The third-order valence-corrected chi connectivity index (χ3v) is 9.58. The van der Waals surface area contributed by atoms with Crippen molar-refractivity contribution in [1.82, 2.24) is 9.97 Å². The smallest absolute Gasteiger partial charge is 0.269 e. The first-order valence-corrected chi connectivity index (χ1v) is 17.3. The van der Waals surface area contributed by atoms with Crippen LogP contribution in [0.5, 0.6) is 0 Å². The standard InChI is InChI=1S/C16H20ClN3O2S.C11H15NO4S.CH4O.CH3.Pd/c1-3-8-23(21,22)9-7-13-5-4-6-14(10-13)19-15-12(2)11-18-16(17)20-15;1-2-7-17(15,16)8-6-10-4-3-5-11(9-10)12(13)14;1-2;;/h4-6,10-11H,3,7-9H2,1-2H3,(H,18,19,20);3-5,9H,2,6-8H2,1H3;2H,1H3;1H3;/q;;;-1;. The summed E-state index contributed by atoms with van der Waals surface area (Å²) in [6, 6.07) is 13.7. The quantitative estimate of drug-likeness (QED) is 0.0738. The zero-order valence-electron chi connectivity index (χ0n) is 25.6. The molecule has 0 bridgehead atoms. The van der Waals surface area contributed by atoms with E-state index in [-0.39, 0.29) is 61.8 Å². The number of benzene rings is 2. The van der Waals surface area contributed by atoms with Gasteiger partial charge < -0.3 is 17.8 Å². The van der Waals surface area contributed by atoms with E-state index in [0.717, 1.165) is 23.9 Å². The number of hydrogen-bond acceptors (Lipinski definition) is 10. The number of aromatic nitrogens is 2. The van der Waals surface area contributed by atoms with Gasteiger partial charge in [-0.2, -0.15) is 0 Å². The minimum Gasteiger partial charge on any atom is -0.400 e. The number of sulfone groups is 2. The van der Waals surface area contributed by atoms with Gasteiger partial charge in [0.25, 0.3) is 5.69 Å². The Labute approximate surface area is 280 Å². The molecule has 0 fully saturated rings. The Bertz CT molecular complexity index is 1510. The first kappa shape index (κ1) is 43.7. The Balaban J connectivity index is 0. The van der Waals surface area contributed by atoms with Gasteiger partial charge in [-0.1, -0.05) is 38.1 Å². The summed E-state index contributed by atoms with van der Waals surface area (Å²) >= 11 is 5.82. The molecule has 250 valence electrons. The van der Waals surface area contributed by atoms with Crippen molar-refractivity contribution in [3.8, 4) is 0 Å². The SMILES string of the molecule is CCCS(=O)(=O)CCc1cccc(Nc2nc(Cl)ncc2C)c1.CCCS(=O)(=O)CCc1cccc([N+](=O)[O-])c1.CO.[CH3-].[Pd]. The molecule has 0 unspecified atom stereocenters. The van der Waals surface area contributed by atoms with E-state index in [4.69, 9.17) is 16.7 Å². The normalized spacial score (nSPS) is 10.5. The fraction of sp³-hybridized carbons (Fsp3) is 0.414. The van der Waals surface area contributed by atoms with E-state index in [1.54, 1.807) is 18.3 Å². The van der Waals surface area contributed by atoms with E-state index in [1.807, 2.05) is 45.0 Å². The maximum Gasteiger partial charge on any atom is 0.269 e. The van der Waals surface area contributed by atoms with Gasteiger partial charge in [0.2, 0.25) is 5.28 Å². The summed E-state index contributed by atoms with van der Waals surface area (Å²) in [4.78, 5) is 18.1. The molecule has 2 aromatic carbocycles. The van der Waals surface area contributed by atoms with E-state index < -0.39 is 24.6 Å². The van der Waals surface area contributed by atoms with E-state index >= 15 is 0 Å². The third kappa shape index (κ3) is 17.1. The molecule has 2 N–H and O–H groups in total. The maximum atomic E-state index is 11.8. The Morgan fingerprint density at radius 3 is 1.89 bits per heavy atom. The van der Waals surface area contributed by atoms with Crippen molar-refractivity contribution in [3.63, 3.8) is 0 Å². The third-order valence-electron chi connectivity index (χ3n) is 5.69. The second-order valence-corrected chi connectivity index (χ2v) is 14.2. The van der Waals surface area contributed by atoms with Gasteiger partial charge in [-0.25, -0.2) is 26.8 Å². The zero-order valence-corrected chi connectivity index (χ0v) is 29.5. The average molecular weight is 765 g/mol. The number of aliphatic hydroxyl groups is 1. The van der Waals surface area contributed by atoms with Crippen molar-refractivity contribution >= 4 is 48.5 Å². The van der Waals surface area contributed by atoms with Gasteiger partial charge in [0.05, 0.1) is 16.4 Å². The number of aliphatic hydroxyl groups excluding tert-OH is 1. The van der Waals surface area contributed by atoms with Crippen LogP contribution in [0.4, 0.5) is 17.2 Å². The van der Waals surface area contributed by atoms with Crippen molar-refractivity contribution in [3.05, 3.63) is 94.2 Å². The fourth-order valence-electron chi connectivity index (χ4n) is 3.69. The zero-order chi connectivity index (χ0) is 31.8. The second kappa shape index (κ2) is 22.1. The monoisotopic (exact) mass is 763 g/mol. The van der Waals surface area contributed by atoms with Crippen LogP contribution in [0.15, 0.2) is 54.7 Å².